The molecule has 0 spiro atoms. The summed E-state index contributed by atoms with van der Waals surface area (Å²) in [6, 6.07) is 20.2. The van der Waals surface area contributed by atoms with E-state index >= 15 is 0 Å². The van der Waals surface area contributed by atoms with Crippen LogP contribution < -0.4 is 4.90 Å². The molecule has 184 valence electrons. The van der Waals surface area contributed by atoms with Gasteiger partial charge in [-0.05, 0) is 48.9 Å². The highest BCUT2D eigenvalue weighted by Gasteiger charge is 2.32. The molecule has 3 aromatic carbocycles. The maximum Gasteiger partial charge on any atom is 0.416 e. The molecule has 4 nitrogen and oxygen atoms in total. The SMILES string of the molecule is Cc1c(-c2ccc(Cl)cc2)nc2ccccc2c1C(=O)N1CCN(c2cccc(C(F)(F)F)c2)CC1. The molecule has 0 N–H and O–H groups in total. The number of halogens is 4. The number of carbonyl (C=O) groups excluding carboxylic acids is 1. The number of alkyl halides is 3. The van der Waals surface area contributed by atoms with Gasteiger partial charge in [0, 0.05) is 47.8 Å². The maximum atomic E-state index is 13.8. The van der Waals surface area contributed by atoms with Crippen LogP contribution >= 0.6 is 11.6 Å². The van der Waals surface area contributed by atoms with E-state index < -0.39 is 11.7 Å². The zero-order valence-electron chi connectivity index (χ0n) is 19.5. The Hall–Kier alpha value is -3.58. The molecule has 1 amide bonds. The number of amides is 1. The van der Waals surface area contributed by atoms with Crippen molar-refractivity contribution in [3.05, 3.63) is 94.5 Å². The van der Waals surface area contributed by atoms with Crippen molar-refractivity contribution in [2.24, 2.45) is 0 Å². The molecule has 0 saturated carbocycles. The zero-order valence-corrected chi connectivity index (χ0v) is 20.3. The molecule has 5 rings (SSSR count). The number of anilines is 1. The smallest absolute Gasteiger partial charge is 0.368 e. The fraction of sp³-hybridized carbons (Fsp3) is 0.214. The first-order chi connectivity index (χ1) is 17.2. The predicted molar refractivity (Wildman–Crippen MR) is 136 cm³/mol. The Morgan fingerprint density at radius 2 is 1.61 bits per heavy atom. The van der Waals surface area contributed by atoms with Gasteiger partial charge in [-0.3, -0.25) is 4.79 Å². The molecule has 0 unspecified atom stereocenters. The Bertz CT molecular complexity index is 1430. The molecule has 8 heteroatoms. The number of hydrogen-bond acceptors (Lipinski definition) is 3. The van der Waals surface area contributed by atoms with Crippen LogP contribution in [0.15, 0.2) is 72.8 Å². The lowest BCUT2D eigenvalue weighted by atomic mass is 9.96. The van der Waals surface area contributed by atoms with Crippen molar-refractivity contribution >= 4 is 34.1 Å². The van der Waals surface area contributed by atoms with Crippen LogP contribution in [0.25, 0.3) is 22.2 Å². The number of benzene rings is 3. The second-order valence-corrected chi connectivity index (χ2v) is 9.25. The monoisotopic (exact) mass is 509 g/mol. The van der Waals surface area contributed by atoms with E-state index in [9.17, 15) is 18.0 Å². The molecule has 2 heterocycles. The Labute approximate surface area is 211 Å². The molecule has 36 heavy (non-hydrogen) atoms. The van der Waals surface area contributed by atoms with Gasteiger partial charge >= 0.3 is 6.18 Å². The van der Waals surface area contributed by atoms with E-state index in [4.69, 9.17) is 16.6 Å². The molecular weight excluding hydrogens is 487 g/mol. The molecule has 1 aliphatic heterocycles. The summed E-state index contributed by atoms with van der Waals surface area (Å²) in [5.74, 6) is -0.106. The van der Waals surface area contributed by atoms with Crippen LogP contribution in [0.4, 0.5) is 18.9 Å². The van der Waals surface area contributed by atoms with Gasteiger partial charge in [-0.25, -0.2) is 4.98 Å². The molecule has 0 aliphatic carbocycles. The highest BCUT2D eigenvalue weighted by molar-refractivity contribution is 6.30. The quantitative estimate of drug-likeness (QED) is 0.303. The largest absolute Gasteiger partial charge is 0.416 e. The highest BCUT2D eigenvalue weighted by Crippen LogP contribution is 2.33. The second-order valence-electron chi connectivity index (χ2n) is 8.81. The molecule has 4 aromatic rings. The van der Waals surface area contributed by atoms with E-state index in [-0.39, 0.29) is 5.91 Å². The minimum absolute atomic E-state index is 0.106. The van der Waals surface area contributed by atoms with Gasteiger partial charge in [-0.15, -0.1) is 0 Å². The maximum absolute atomic E-state index is 13.8. The topological polar surface area (TPSA) is 36.4 Å². The summed E-state index contributed by atoms with van der Waals surface area (Å²) in [6.07, 6.45) is -4.39. The van der Waals surface area contributed by atoms with Crippen LogP contribution in [0, 0.1) is 6.92 Å². The third-order valence-electron chi connectivity index (χ3n) is 6.57. The van der Waals surface area contributed by atoms with Crippen LogP contribution in [0.2, 0.25) is 5.02 Å². The van der Waals surface area contributed by atoms with E-state index in [1.807, 2.05) is 48.2 Å². The number of aromatic nitrogens is 1. The van der Waals surface area contributed by atoms with Gasteiger partial charge in [-0.2, -0.15) is 13.2 Å². The summed E-state index contributed by atoms with van der Waals surface area (Å²) in [4.78, 5) is 22.3. The van der Waals surface area contributed by atoms with Gasteiger partial charge < -0.3 is 9.80 Å². The summed E-state index contributed by atoms with van der Waals surface area (Å²) < 4.78 is 39.4. The number of carbonyl (C=O) groups is 1. The van der Waals surface area contributed by atoms with E-state index in [2.05, 4.69) is 0 Å². The van der Waals surface area contributed by atoms with Gasteiger partial charge in [0.15, 0.2) is 0 Å². The van der Waals surface area contributed by atoms with Gasteiger partial charge in [-0.1, -0.05) is 48.0 Å². The summed E-state index contributed by atoms with van der Waals surface area (Å²) >= 11 is 6.06. The number of nitrogens with zero attached hydrogens (tertiary/aromatic N) is 3. The van der Waals surface area contributed by atoms with Crippen molar-refractivity contribution in [1.29, 1.82) is 0 Å². The first-order valence-electron chi connectivity index (χ1n) is 11.6. The molecule has 1 fully saturated rings. The van der Waals surface area contributed by atoms with Gasteiger partial charge in [0.2, 0.25) is 0 Å². The number of piperazine rings is 1. The zero-order chi connectivity index (χ0) is 25.4. The molecule has 0 radical (unpaired) electrons. The van der Waals surface area contributed by atoms with Gasteiger partial charge in [0.25, 0.3) is 5.91 Å². The van der Waals surface area contributed by atoms with Gasteiger partial charge in [0.05, 0.1) is 22.3 Å². The number of fused-ring (bicyclic) bond motifs is 1. The lowest BCUT2D eigenvalue weighted by Crippen LogP contribution is -2.49. The van der Waals surface area contributed by atoms with Crippen molar-refractivity contribution in [3.8, 4) is 11.3 Å². The van der Waals surface area contributed by atoms with E-state index in [0.717, 1.165) is 39.9 Å². The minimum atomic E-state index is -4.39. The standard InChI is InChI=1S/C28H23ClF3N3O/c1-18-25(23-7-2-3-8-24(23)33-26(18)19-9-11-21(29)12-10-19)27(36)35-15-13-34(14-16-35)22-6-4-5-20(17-22)28(30,31)32/h2-12,17H,13-16H2,1H3. The number of pyridine rings is 1. The van der Waals surface area contributed by atoms with Gasteiger partial charge in [0.1, 0.15) is 0 Å². The number of para-hydroxylation sites is 1. The first-order valence-corrected chi connectivity index (χ1v) is 12.0. The average molecular weight is 510 g/mol. The van der Waals surface area contributed by atoms with Crippen molar-refractivity contribution < 1.29 is 18.0 Å². The molecule has 1 aliphatic rings. The van der Waals surface area contributed by atoms with Crippen LogP contribution in [0.1, 0.15) is 21.5 Å². The average Bonchev–Trinajstić information content (AvgIpc) is 2.88. The highest BCUT2D eigenvalue weighted by atomic mass is 35.5. The van der Waals surface area contributed by atoms with Crippen LogP contribution in [-0.2, 0) is 6.18 Å². The van der Waals surface area contributed by atoms with Crippen molar-refractivity contribution in [2.45, 2.75) is 13.1 Å². The third-order valence-corrected chi connectivity index (χ3v) is 6.82. The molecule has 1 saturated heterocycles. The molecule has 0 atom stereocenters. The number of hydrogen-bond donors (Lipinski definition) is 0. The lowest BCUT2D eigenvalue weighted by molar-refractivity contribution is -0.137. The van der Waals surface area contributed by atoms with Crippen molar-refractivity contribution in [2.75, 3.05) is 31.1 Å². The molecular formula is C28H23ClF3N3O. The Kier molecular flexibility index (Phi) is 6.35. The summed E-state index contributed by atoms with van der Waals surface area (Å²) in [5.41, 5.74) is 3.51. The number of rotatable bonds is 3. The van der Waals surface area contributed by atoms with E-state index in [1.165, 1.54) is 6.07 Å². The summed E-state index contributed by atoms with van der Waals surface area (Å²) in [7, 11) is 0. The minimum Gasteiger partial charge on any atom is -0.368 e. The van der Waals surface area contributed by atoms with E-state index in [0.29, 0.717) is 42.5 Å². The fourth-order valence-corrected chi connectivity index (χ4v) is 4.80. The van der Waals surface area contributed by atoms with Crippen molar-refractivity contribution in [1.82, 2.24) is 9.88 Å². The van der Waals surface area contributed by atoms with Crippen LogP contribution in [0.3, 0.4) is 0 Å². The van der Waals surface area contributed by atoms with E-state index in [1.54, 1.807) is 23.1 Å². The first kappa shape index (κ1) is 24.1. The fourth-order valence-electron chi connectivity index (χ4n) is 4.68. The molecule has 0 bridgehead atoms. The van der Waals surface area contributed by atoms with Crippen LogP contribution in [0.5, 0.6) is 0 Å². The Morgan fingerprint density at radius 1 is 0.917 bits per heavy atom. The normalized spacial score (nSPS) is 14.4. The Morgan fingerprint density at radius 3 is 2.31 bits per heavy atom. The summed E-state index contributed by atoms with van der Waals surface area (Å²) in [5, 5.41) is 1.39. The van der Waals surface area contributed by atoms with Crippen LogP contribution in [-0.4, -0.2) is 42.0 Å². The second kappa shape index (κ2) is 9.47. The molecule has 1 aromatic heterocycles. The summed E-state index contributed by atoms with van der Waals surface area (Å²) in [6.45, 7) is 3.59. The predicted octanol–water partition coefficient (Wildman–Crippen LogP) is 6.84. The third kappa shape index (κ3) is 4.63. The Balaban J connectivity index is 1.44. The lowest BCUT2D eigenvalue weighted by Gasteiger charge is -2.36. The van der Waals surface area contributed by atoms with Crippen molar-refractivity contribution in [3.63, 3.8) is 0 Å².